The van der Waals surface area contributed by atoms with Crippen LogP contribution in [0.4, 0.5) is 0 Å². The first-order valence-electron chi connectivity index (χ1n) is 6.71. The highest BCUT2D eigenvalue weighted by molar-refractivity contribution is 9.10. The lowest BCUT2D eigenvalue weighted by molar-refractivity contribution is 0.402. The van der Waals surface area contributed by atoms with E-state index in [9.17, 15) is 8.42 Å². The van der Waals surface area contributed by atoms with Crippen LogP contribution in [0, 0.1) is 11.8 Å². The van der Waals surface area contributed by atoms with Crippen LogP contribution in [0.1, 0.15) is 26.7 Å². The third-order valence-electron chi connectivity index (χ3n) is 4.21. The highest BCUT2D eigenvalue weighted by atomic mass is 79.9. The molecule has 3 atom stereocenters. The van der Waals surface area contributed by atoms with E-state index in [2.05, 4.69) is 34.5 Å². The second kappa shape index (κ2) is 6.03. The molecule has 4 nitrogen and oxygen atoms in total. The maximum Gasteiger partial charge on any atom is 0.240 e. The summed E-state index contributed by atoms with van der Waals surface area (Å²) in [5, 5.41) is 0. The quantitative estimate of drug-likeness (QED) is 0.895. The van der Waals surface area contributed by atoms with Gasteiger partial charge in [0.25, 0.3) is 0 Å². The fourth-order valence-electron chi connectivity index (χ4n) is 2.61. The van der Waals surface area contributed by atoms with Crippen LogP contribution in [0.2, 0.25) is 0 Å². The molecule has 1 aromatic carbocycles. The van der Waals surface area contributed by atoms with Crippen molar-refractivity contribution >= 4 is 26.0 Å². The molecule has 20 heavy (non-hydrogen) atoms. The SMILES string of the molecule is COc1ccc(S(=O)(=O)NC2CCC(C)C2C)cc1Br. The van der Waals surface area contributed by atoms with Gasteiger partial charge in [-0.1, -0.05) is 13.8 Å². The molecule has 0 saturated heterocycles. The molecule has 1 N–H and O–H groups in total. The third kappa shape index (κ3) is 3.18. The maximum absolute atomic E-state index is 12.4. The van der Waals surface area contributed by atoms with Crippen molar-refractivity contribution in [2.45, 2.75) is 37.6 Å². The Morgan fingerprint density at radius 3 is 2.50 bits per heavy atom. The molecule has 0 heterocycles. The summed E-state index contributed by atoms with van der Waals surface area (Å²) in [4.78, 5) is 0.261. The number of sulfonamides is 1. The van der Waals surface area contributed by atoms with Crippen LogP contribution < -0.4 is 9.46 Å². The number of hydrogen-bond acceptors (Lipinski definition) is 3. The number of benzene rings is 1. The van der Waals surface area contributed by atoms with Gasteiger partial charge < -0.3 is 4.74 Å². The van der Waals surface area contributed by atoms with Gasteiger partial charge in [-0.2, -0.15) is 0 Å². The van der Waals surface area contributed by atoms with Crippen molar-refractivity contribution in [2.75, 3.05) is 7.11 Å². The van der Waals surface area contributed by atoms with Crippen molar-refractivity contribution in [3.63, 3.8) is 0 Å². The zero-order chi connectivity index (χ0) is 14.9. The minimum atomic E-state index is -3.48. The third-order valence-corrected chi connectivity index (χ3v) is 6.31. The van der Waals surface area contributed by atoms with E-state index < -0.39 is 10.0 Å². The predicted octanol–water partition coefficient (Wildman–Crippen LogP) is 3.17. The number of ether oxygens (including phenoxy) is 1. The molecule has 0 radical (unpaired) electrons. The van der Waals surface area contributed by atoms with Gasteiger partial charge in [0.15, 0.2) is 0 Å². The summed E-state index contributed by atoms with van der Waals surface area (Å²) in [5.41, 5.74) is 0. The molecular formula is C14H20BrNO3S. The van der Waals surface area contributed by atoms with Gasteiger partial charge in [0.2, 0.25) is 10.0 Å². The molecule has 1 aliphatic carbocycles. The summed E-state index contributed by atoms with van der Waals surface area (Å²) in [6.45, 7) is 4.28. The van der Waals surface area contributed by atoms with Crippen molar-refractivity contribution in [3.8, 4) is 5.75 Å². The Kier molecular flexibility index (Phi) is 4.76. The molecule has 1 aromatic rings. The molecule has 0 aromatic heterocycles. The van der Waals surface area contributed by atoms with Crippen LogP contribution in [0.3, 0.4) is 0 Å². The Balaban J connectivity index is 2.20. The minimum Gasteiger partial charge on any atom is -0.496 e. The molecule has 1 aliphatic rings. The highest BCUT2D eigenvalue weighted by Crippen LogP contribution is 2.33. The Hall–Kier alpha value is -0.590. The molecule has 1 fully saturated rings. The lowest BCUT2D eigenvalue weighted by atomic mass is 9.98. The largest absolute Gasteiger partial charge is 0.496 e. The van der Waals surface area contributed by atoms with Gasteiger partial charge in [-0.15, -0.1) is 0 Å². The van der Waals surface area contributed by atoms with Crippen molar-refractivity contribution in [2.24, 2.45) is 11.8 Å². The van der Waals surface area contributed by atoms with Crippen LogP contribution in [0.25, 0.3) is 0 Å². The molecule has 0 bridgehead atoms. The molecule has 3 unspecified atom stereocenters. The smallest absolute Gasteiger partial charge is 0.240 e. The van der Waals surface area contributed by atoms with E-state index in [1.807, 2.05) is 0 Å². The number of methoxy groups -OCH3 is 1. The maximum atomic E-state index is 12.4. The van der Waals surface area contributed by atoms with Crippen LogP contribution in [-0.4, -0.2) is 21.6 Å². The van der Waals surface area contributed by atoms with E-state index in [0.29, 0.717) is 22.1 Å². The van der Waals surface area contributed by atoms with Crippen LogP contribution >= 0.6 is 15.9 Å². The topological polar surface area (TPSA) is 55.4 Å². The van der Waals surface area contributed by atoms with E-state index in [0.717, 1.165) is 12.8 Å². The van der Waals surface area contributed by atoms with E-state index in [4.69, 9.17) is 4.74 Å². The standard InChI is InChI=1S/C14H20BrNO3S/c1-9-4-6-13(10(9)2)16-20(17,18)11-5-7-14(19-3)12(15)8-11/h5,7-10,13,16H,4,6H2,1-3H3. The zero-order valence-corrected chi connectivity index (χ0v) is 14.3. The Labute approximate surface area is 129 Å². The molecule has 0 aliphatic heterocycles. The lowest BCUT2D eigenvalue weighted by Crippen LogP contribution is -2.37. The van der Waals surface area contributed by atoms with E-state index in [1.54, 1.807) is 25.3 Å². The minimum absolute atomic E-state index is 0.0240. The molecule has 6 heteroatoms. The summed E-state index contributed by atoms with van der Waals surface area (Å²) in [6.07, 6.45) is 1.97. The molecule has 0 spiro atoms. The first-order chi connectivity index (χ1) is 9.35. The molecule has 2 rings (SSSR count). The summed E-state index contributed by atoms with van der Waals surface area (Å²) in [5.74, 6) is 1.54. The van der Waals surface area contributed by atoms with Crippen LogP contribution in [0.5, 0.6) is 5.75 Å². The van der Waals surface area contributed by atoms with Crippen molar-refractivity contribution in [1.29, 1.82) is 0 Å². The van der Waals surface area contributed by atoms with Crippen molar-refractivity contribution in [3.05, 3.63) is 22.7 Å². The van der Waals surface area contributed by atoms with Gasteiger partial charge in [-0.05, 0) is 58.8 Å². The van der Waals surface area contributed by atoms with Crippen molar-refractivity contribution in [1.82, 2.24) is 4.72 Å². The Morgan fingerprint density at radius 1 is 1.30 bits per heavy atom. The molecule has 1 saturated carbocycles. The number of rotatable bonds is 4. The van der Waals surface area contributed by atoms with E-state index >= 15 is 0 Å². The lowest BCUT2D eigenvalue weighted by Gasteiger charge is -2.19. The number of halogens is 1. The predicted molar refractivity (Wildman–Crippen MR) is 82.4 cm³/mol. The highest BCUT2D eigenvalue weighted by Gasteiger charge is 2.33. The van der Waals surface area contributed by atoms with Crippen LogP contribution in [0.15, 0.2) is 27.6 Å². The fraction of sp³-hybridized carbons (Fsp3) is 0.571. The Bertz CT molecular complexity index is 588. The van der Waals surface area contributed by atoms with Gasteiger partial charge in [-0.25, -0.2) is 13.1 Å². The number of hydrogen-bond donors (Lipinski definition) is 1. The normalized spacial score (nSPS) is 26.7. The first kappa shape index (κ1) is 15.8. The molecular weight excluding hydrogens is 342 g/mol. The molecule has 112 valence electrons. The average Bonchev–Trinajstić information content (AvgIpc) is 2.70. The van der Waals surface area contributed by atoms with Crippen molar-refractivity contribution < 1.29 is 13.2 Å². The first-order valence-corrected chi connectivity index (χ1v) is 8.98. The van der Waals surface area contributed by atoms with Gasteiger partial charge in [0.1, 0.15) is 5.75 Å². The Morgan fingerprint density at radius 2 is 2.00 bits per heavy atom. The van der Waals surface area contributed by atoms with Crippen LogP contribution in [-0.2, 0) is 10.0 Å². The number of nitrogens with one attached hydrogen (secondary N) is 1. The summed E-state index contributed by atoms with van der Waals surface area (Å²) in [7, 11) is -1.93. The molecule has 0 amide bonds. The fourth-order valence-corrected chi connectivity index (χ4v) is 4.69. The van der Waals surface area contributed by atoms with Gasteiger partial charge in [0.05, 0.1) is 16.5 Å². The van der Waals surface area contributed by atoms with E-state index in [-0.39, 0.29) is 10.9 Å². The van der Waals surface area contributed by atoms with E-state index in [1.165, 1.54) is 0 Å². The second-order valence-electron chi connectivity index (χ2n) is 5.44. The summed E-state index contributed by atoms with van der Waals surface area (Å²) in [6, 6.07) is 4.81. The average molecular weight is 362 g/mol. The van der Waals surface area contributed by atoms with Gasteiger partial charge in [0, 0.05) is 6.04 Å². The monoisotopic (exact) mass is 361 g/mol. The van der Waals surface area contributed by atoms with Gasteiger partial charge >= 0.3 is 0 Å². The van der Waals surface area contributed by atoms with Gasteiger partial charge in [-0.3, -0.25) is 0 Å². The zero-order valence-electron chi connectivity index (χ0n) is 11.9. The second-order valence-corrected chi connectivity index (χ2v) is 8.01. The summed E-state index contributed by atoms with van der Waals surface area (Å²) < 4.78 is 33.4. The summed E-state index contributed by atoms with van der Waals surface area (Å²) >= 11 is 3.32.